The molecule has 5 nitrogen and oxygen atoms in total. The fraction of sp³-hybridized carbons (Fsp3) is 0.333. The maximum atomic E-state index is 10.9. The van der Waals surface area contributed by atoms with E-state index in [-0.39, 0.29) is 6.54 Å². The van der Waals surface area contributed by atoms with Crippen molar-refractivity contribution in [2.24, 2.45) is 0 Å². The summed E-state index contributed by atoms with van der Waals surface area (Å²) in [6, 6.07) is 7.68. The Hall–Kier alpha value is -1.85. The molecule has 110 valence electrons. The second kappa shape index (κ2) is 5.87. The minimum atomic E-state index is -0.830. The number of nitrogens with zero attached hydrogens (tertiary/aromatic N) is 2. The van der Waals surface area contributed by atoms with E-state index in [1.807, 2.05) is 23.1 Å². The molecule has 0 bridgehead atoms. The molecule has 21 heavy (non-hydrogen) atoms. The first-order valence-corrected chi connectivity index (χ1v) is 7.16. The van der Waals surface area contributed by atoms with Gasteiger partial charge in [-0.2, -0.15) is 0 Å². The van der Waals surface area contributed by atoms with Crippen LogP contribution in [0.3, 0.4) is 0 Å². The average molecular weight is 307 g/mol. The molecule has 1 heterocycles. The van der Waals surface area contributed by atoms with E-state index in [4.69, 9.17) is 21.1 Å². The first-order valence-electron chi connectivity index (χ1n) is 6.78. The second-order valence-corrected chi connectivity index (χ2v) is 5.59. The van der Waals surface area contributed by atoms with E-state index in [9.17, 15) is 4.79 Å². The standard InChI is InChI=1S/C15H15ClN2O3/c16-11-3-1-2-10(6-11)13-7-17-14(21-13)8-18(9-15(19)20)12-4-5-12/h1-3,6-7,12H,4-5,8-9H2,(H,19,20). The van der Waals surface area contributed by atoms with Gasteiger partial charge in [0, 0.05) is 16.6 Å². The maximum absolute atomic E-state index is 10.9. The van der Waals surface area contributed by atoms with E-state index in [0.717, 1.165) is 18.4 Å². The monoisotopic (exact) mass is 306 g/mol. The summed E-state index contributed by atoms with van der Waals surface area (Å²) in [4.78, 5) is 17.0. The predicted molar refractivity (Wildman–Crippen MR) is 78.0 cm³/mol. The van der Waals surface area contributed by atoms with E-state index in [0.29, 0.717) is 29.3 Å². The van der Waals surface area contributed by atoms with E-state index in [1.165, 1.54) is 0 Å². The van der Waals surface area contributed by atoms with Crippen molar-refractivity contribution in [1.82, 2.24) is 9.88 Å². The van der Waals surface area contributed by atoms with Crippen molar-refractivity contribution >= 4 is 17.6 Å². The van der Waals surface area contributed by atoms with Crippen LogP contribution >= 0.6 is 11.6 Å². The van der Waals surface area contributed by atoms with Crippen LogP contribution in [0.5, 0.6) is 0 Å². The van der Waals surface area contributed by atoms with Crippen molar-refractivity contribution in [1.29, 1.82) is 0 Å². The molecule has 1 aromatic heterocycles. The highest BCUT2D eigenvalue weighted by molar-refractivity contribution is 6.30. The summed E-state index contributed by atoms with van der Waals surface area (Å²) in [5.41, 5.74) is 0.859. The van der Waals surface area contributed by atoms with Gasteiger partial charge in [-0.1, -0.05) is 23.7 Å². The lowest BCUT2D eigenvalue weighted by Gasteiger charge is -2.17. The van der Waals surface area contributed by atoms with Gasteiger partial charge in [0.25, 0.3) is 0 Å². The van der Waals surface area contributed by atoms with Crippen LogP contribution in [0.15, 0.2) is 34.9 Å². The van der Waals surface area contributed by atoms with Crippen LogP contribution in [0.2, 0.25) is 5.02 Å². The number of aromatic nitrogens is 1. The zero-order valence-electron chi connectivity index (χ0n) is 11.3. The molecule has 0 spiro atoms. The highest BCUT2D eigenvalue weighted by atomic mass is 35.5. The molecule has 0 atom stereocenters. The fourth-order valence-corrected chi connectivity index (χ4v) is 2.45. The topological polar surface area (TPSA) is 66.6 Å². The maximum Gasteiger partial charge on any atom is 0.317 e. The highest BCUT2D eigenvalue weighted by Gasteiger charge is 2.31. The summed E-state index contributed by atoms with van der Waals surface area (Å²) < 4.78 is 5.71. The Morgan fingerprint density at radius 2 is 2.29 bits per heavy atom. The first kappa shape index (κ1) is 14.1. The van der Waals surface area contributed by atoms with E-state index >= 15 is 0 Å². The van der Waals surface area contributed by atoms with Crippen LogP contribution in [0.25, 0.3) is 11.3 Å². The van der Waals surface area contributed by atoms with Crippen LogP contribution < -0.4 is 0 Å². The van der Waals surface area contributed by atoms with Gasteiger partial charge in [0.05, 0.1) is 19.3 Å². The molecule has 0 radical (unpaired) electrons. The summed E-state index contributed by atoms with van der Waals surface area (Å²) >= 11 is 5.96. The SMILES string of the molecule is O=C(O)CN(Cc1ncc(-c2cccc(Cl)c2)o1)C1CC1. The molecular formula is C15H15ClN2O3. The number of carboxylic acids is 1. The Kier molecular flexibility index (Phi) is 3.94. The van der Waals surface area contributed by atoms with Gasteiger partial charge in [0.15, 0.2) is 5.76 Å². The number of halogens is 1. The third-order valence-corrected chi connectivity index (χ3v) is 3.64. The zero-order valence-corrected chi connectivity index (χ0v) is 12.1. The smallest absolute Gasteiger partial charge is 0.317 e. The van der Waals surface area contributed by atoms with E-state index in [1.54, 1.807) is 12.3 Å². The largest absolute Gasteiger partial charge is 0.480 e. The molecule has 1 aliphatic carbocycles. The molecule has 0 unspecified atom stereocenters. The lowest BCUT2D eigenvalue weighted by atomic mass is 10.2. The van der Waals surface area contributed by atoms with Crippen molar-refractivity contribution in [3.63, 3.8) is 0 Å². The summed E-state index contributed by atoms with van der Waals surface area (Å²) in [6.45, 7) is 0.428. The van der Waals surface area contributed by atoms with E-state index in [2.05, 4.69) is 4.98 Å². The lowest BCUT2D eigenvalue weighted by molar-refractivity contribution is -0.138. The highest BCUT2D eigenvalue weighted by Crippen LogP contribution is 2.29. The van der Waals surface area contributed by atoms with Gasteiger partial charge in [-0.3, -0.25) is 9.69 Å². The number of carboxylic acid groups (broad SMARTS) is 1. The summed E-state index contributed by atoms with van der Waals surface area (Å²) in [5, 5.41) is 9.58. The molecule has 1 N–H and O–H groups in total. The number of aliphatic carboxylic acids is 1. The van der Waals surface area contributed by atoms with Crippen LogP contribution in [0.1, 0.15) is 18.7 Å². The third-order valence-electron chi connectivity index (χ3n) is 3.40. The number of hydrogen-bond acceptors (Lipinski definition) is 4. The number of hydrogen-bond donors (Lipinski definition) is 1. The van der Waals surface area contributed by atoms with Gasteiger partial charge >= 0.3 is 5.97 Å². The van der Waals surface area contributed by atoms with Gasteiger partial charge < -0.3 is 9.52 Å². The van der Waals surface area contributed by atoms with Crippen LogP contribution in [0, 0.1) is 0 Å². The van der Waals surface area contributed by atoms with Gasteiger partial charge in [0.2, 0.25) is 5.89 Å². The molecule has 0 amide bonds. The molecule has 0 saturated heterocycles. The Bertz CT molecular complexity index is 652. The normalized spacial score (nSPS) is 14.6. The molecule has 1 saturated carbocycles. The van der Waals surface area contributed by atoms with Crippen molar-refractivity contribution in [3.8, 4) is 11.3 Å². The quantitative estimate of drug-likeness (QED) is 0.888. The summed E-state index contributed by atoms with van der Waals surface area (Å²) in [7, 11) is 0. The average Bonchev–Trinajstić information content (AvgIpc) is 3.18. The zero-order chi connectivity index (χ0) is 14.8. The molecule has 3 rings (SSSR count). The van der Waals surface area contributed by atoms with Crippen LogP contribution in [0.4, 0.5) is 0 Å². The second-order valence-electron chi connectivity index (χ2n) is 5.16. The molecule has 1 aliphatic rings. The number of benzene rings is 1. The Balaban J connectivity index is 1.73. The molecule has 2 aromatic rings. The fourth-order valence-electron chi connectivity index (χ4n) is 2.26. The van der Waals surface area contributed by atoms with E-state index < -0.39 is 5.97 Å². The molecule has 1 fully saturated rings. The minimum absolute atomic E-state index is 0.0134. The first-order chi connectivity index (χ1) is 10.1. The van der Waals surface area contributed by atoms with Crippen LogP contribution in [-0.4, -0.2) is 33.5 Å². The number of oxazole rings is 1. The predicted octanol–water partition coefficient (Wildman–Crippen LogP) is 3.04. The van der Waals surface area contributed by atoms with Crippen molar-refractivity contribution in [2.45, 2.75) is 25.4 Å². The molecule has 0 aliphatic heterocycles. The van der Waals surface area contributed by atoms with Crippen molar-refractivity contribution in [2.75, 3.05) is 6.54 Å². The summed E-state index contributed by atoms with van der Waals surface area (Å²) in [6.07, 6.45) is 3.72. The van der Waals surface area contributed by atoms with Crippen LogP contribution in [-0.2, 0) is 11.3 Å². The Morgan fingerprint density at radius 3 is 2.95 bits per heavy atom. The van der Waals surface area contributed by atoms with Gasteiger partial charge in [-0.25, -0.2) is 4.98 Å². The van der Waals surface area contributed by atoms with Crippen molar-refractivity contribution in [3.05, 3.63) is 41.4 Å². The van der Waals surface area contributed by atoms with Gasteiger partial charge in [-0.05, 0) is 25.0 Å². The Morgan fingerprint density at radius 1 is 1.48 bits per heavy atom. The lowest BCUT2D eigenvalue weighted by Crippen LogP contribution is -2.31. The number of carbonyl (C=O) groups is 1. The third kappa shape index (κ3) is 3.62. The molecule has 1 aromatic carbocycles. The minimum Gasteiger partial charge on any atom is -0.480 e. The molecule has 6 heteroatoms. The Labute approximate surface area is 127 Å². The molecular weight excluding hydrogens is 292 g/mol. The van der Waals surface area contributed by atoms with Gasteiger partial charge in [-0.15, -0.1) is 0 Å². The number of rotatable bonds is 6. The van der Waals surface area contributed by atoms with Gasteiger partial charge in [0.1, 0.15) is 0 Å². The summed E-state index contributed by atoms with van der Waals surface area (Å²) in [5.74, 6) is 0.334. The van der Waals surface area contributed by atoms with Crippen molar-refractivity contribution < 1.29 is 14.3 Å².